The predicted octanol–water partition coefficient (Wildman–Crippen LogP) is 7.48. The summed E-state index contributed by atoms with van der Waals surface area (Å²) in [6.07, 6.45) is 15.3. The van der Waals surface area contributed by atoms with E-state index in [-0.39, 0.29) is 17.1 Å². The van der Waals surface area contributed by atoms with E-state index in [4.69, 9.17) is 4.43 Å². The van der Waals surface area contributed by atoms with Gasteiger partial charge in [-0.05, 0) is 31.0 Å². The summed E-state index contributed by atoms with van der Waals surface area (Å²) < 4.78 is 6.35. The van der Waals surface area contributed by atoms with Gasteiger partial charge in [-0.15, -0.1) is 6.58 Å². The molecule has 0 amide bonds. The van der Waals surface area contributed by atoms with Crippen LogP contribution in [0.1, 0.15) is 98.3 Å². The molecular weight excluding hydrogens is 336 g/mol. The van der Waals surface area contributed by atoms with E-state index in [1.165, 1.54) is 51.4 Å². The summed E-state index contributed by atoms with van der Waals surface area (Å²) in [6, 6.07) is 0. The molecule has 0 aromatic carbocycles. The van der Waals surface area contributed by atoms with Crippen molar-refractivity contribution in [3.63, 3.8) is 0 Å². The van der Waals surface area contributed by atoms with Gasteiger partial charge in [0.1, 0.15) is 0 Å². The van der Waals surface area contributed by atoms with E-state index < -0.39 is 8.32 Å². The molecule has 0 aliphatic heterocycles. The van der Waals surface area contributed by atoms with E-state index >= 15 is 0 Å². The number of rotatable bonds is 16. The molecule has 2 atom stereocenters. The maximum Gasteiger partial charge on any atom is 0.191 e. The topological polar surface area (TPSA) is 29.5 Å². The van der Waals surface area contributed by atoms with Gasteiger partial charge in [0, 0.05) is 12.5 Å². The summed E-state index contributed by atoms with van der Waals surface area (Å²) in [4.78, 5) is 0. The van der Waals surface area contributed by atoms with Gasteiger partial charge in [0.2, 0.25) is 0 Å². The first-order valence-corrected chi connectivity index (χ1v) is 14.0. The van der Waals surface area contributed by atoms with Crippen LogP contribution in [0.15, 0.2) is 12.7 Å². The average Bonchev–Trinajstić information content (AvgIpc) is 2.55. The zero-order valence-corrected chi connectivity index (χ0v) is 19.8. The summed E-state index contributed by atoms with van der Waals surface area (Å²) in [6.45, 7) is 18.2. The largest absolute Gasteiger partial charge is 0.416 e. The van der Waals surface area contributed by atoms with Crippen molar-refractivity contribution in [2.75, 3.05) is 6.61 Å². The minimum absolute atomic E-state index is 0.190. The fourth-order valence-electron chi connectivity index (χ4n) is 2.98. The first-order valence-electron chi connectivity index (χ1n) is 11.1. The zero-order valence-electron chi connectivity index (χ0n) is 18.8. The fourth-order valence-corrected chi connectivity index (χ4v) is 4.05. The van der Waals surface area contributed by atoms with Crippen LogP contribution in [0.4, 0.5) is 0 Å². The van der Waals surface area contributed by atoms with Crippen LogP contribution in [-0.2, 0) is 4.43 Å². The Morgan fingerprint density at radius 2 is 1.46 bits per heavy atom. The molecule has 0 aromatic rings. The van der Waals surface area contributed by atoms with E-state index in [0.717, 1.165) is 19.3 Å². The highest BCUT2D eigenvalue weighted by Crippen LogP contribution is 2.37. The molecule has 0 heterocycles. The van der Waals surface area contributed by atoms with Crippen molar-refractivity contribution in [1.82, 2.24) is 0 Å². The Kier molecular flexibility index (Phi) is 13.9. The summed E-state index contributed by atoms with van der Waals surface area (Å²) in [5, 5.41) is 10.8. The van der Waals surface area contributed by atoms with Crippen molar-refractivity contribution in [2.45, 2.75) is 123 Å². The molecule has 26 heavy (non-hydrogen) atoms. The van der Waals surface area contributed by atoms with Crippen molar-refractivity contribution < 1.29 is 9.53 Å². The predicted molar refractivity (Wildman–Crippen MR) is 119 cm³/mol. The smallest absolute Gasteiger partial charge is 0.191 e. The van der Waals surface area contributed by atoms with E-state index in [9.17, 15) is 5.11 Å². The van der Waals surface area contributed by atoms with E-state index in [2.05, 4.69) is 47.4 Å². The van der Waals surface area contributed by atoms with Gasteiger partial charge in [-0.1, -0.05) is 91.6 Å². The van der Waals surface area contributed by atoms with E-state index in [1.54, 1.807) is 0 Å². The van der Waals surface area contributed by atoms with E-state index in [0.29, 0.717) is 6.61 Å². The van der Waals surface area contributed by atoms with Gasteiger partial charge in [-0.25, -0.2) is 0 Å². The average molecular weight is 385 g/mol. The first-order chi connectivity index (χ1) is 12.2. The molecule has 0 bridgehead atoms. The molecule has 0 spiro atoms. The third-order valence-corrected chi connectivity index (χ3v) is 10.6. The minimum atomic E-state index is -1.75. The molecule has 0 saturated carbocycles. The van der Waals surface area contributed by atoms with Crippen LogP contribution >= 0.6 is 0 Å². The Balaban J connectivity index is 4.05. The van der Waals surface area contributed by atoms with Gasteiger partial charge in [0.15, 0.2) is 8.32 Å². The van der Waals surface area contributed by atoms with Crippen molar-refractivity contribution in [3.8, 4) is 0 Å². The molecule has 2 nitrogen and oxygen atoms in total. The Bertz CT molecular complexity index is 347. The number of allylic oxidation sites excluding steroid dienone is 1. The molecule has 0 aliphatic carbocycles. The quantitative estimate of drug-likeness (QED) is 0.170. The number of hydrogen-bond acceptors (Lipinski definition) is 2. The molecule has 0 unspecified atom stereocenters. The van der Waals surface area contributed by atoms with Crippen LogP contribution in [0.25, 0.3) is 0 Å². The molecule has 156 valence electrons. The molecule has 3 heteroatoms. The summed E-state index contributed by atoms with van der Waals surface area (Å²) in [7, 11) is -1.75. The van der Waals surface area contributed by atoms with Crippen LogP contribution in [-0.4, -0.2) is 26.1 Å². The molecule has 0 rings (SSSR count). The second kappa shape index (κ2) is 14.0. The minimum Gasteiger partial charge on any atom is -0.416 e. The lowest BCUT2D eigenvalue weighted by molar-refractivity contribution is 0.0633. The number of unbranched alkanes of at least 4 members (excludes halogenated alkanes) is 8. The van der Waals surface area contributed by atoms with Crippen molar-refractivity contribution in [1.29, 1.82) is 0 Å². The van der Waals surface area contributed by atoms with Gasteiger partial charge >= 0.3 is 0 Å². The molecule has 0 aliphatic rings. The lowest BCUT2D eigenvalue weighted by atomic mass is 9.94. The monoisotopic (exact) mass is 384 g/mol. The third-order valence-electron chi connectivity index (χ3n) is 6.08. The highest BCUT2D eigenvalue weighted by molar-refractivity contribution is 6.74. The number of hydrogen-bond donors (Lipinski definition) is 1. The summed E-state index contributed by atoms with van der Waals surface area (Å²) in [5.74, 6) is 0.190. The number of aliphatic hydroxyl groups is 1. The fraction of sp³-hybridized carbons (Fsp3) is 0.913. The van der Waals surface area contributed by atoms with Gasteiger partial charge in [0.25, 0.3) is 0 Å². The second-order valence-corrected chi connectivity index (χ2v) is 14.3. The van der Waals surface area contributed by atoms with Crippen LogP contribution in [0.2, 0.25) is 18.1 Å². The second-order valence-electron chi connectivity index (χ2n) is 9.54. The van der Waals surface area contributed by atoms with E-state index in [1.807, 2.05) is 6.08 Å². The van der Waals surface area contributed by atoms with Crippen molar-refractivity contribution in [2.24, 2.45) is 5.92 Å². The molecular formula is C23H48O2Si. The molecule has 0 fully saturated rings. The molecule has 0 radical (unpaired) electrons. The summed E-state index contributed by atoms with van der Waals surface area (Å²) >= 11 is 0. The van der Waals surface area contributed by atoms with Crippen molar-refractivity contribution in [3.05, 3.63) is 12.7 Å². The van der Waals surface area contributed by atoms with Crippen molar-refractivity contribution >= 4 is 8.32 Å². The zero-order chi connectivity index (χ0) is 20.1. The Morgan fingerprint density at radius 1 is 0.962 bits per heavy atom. The van der Waals surface area contributed by atoms with Crippen LogP contribution < -0.4 is 0 Å². The normalized spacial score (nSPS) is 15.0. The molecule has 1 N–H and O–H groups in total. The maximum atomic E-state index is 10.6. The lowest BCUT2D eigenvalue weighted by Crippen LogP contribution is -2.43. The lowest BCUT2D eigenvalue weighted by Gasteiger charge is -2.37. The van der Waals surface area contributed by atoms with Gasteiger partial charge < -0.3 is 9.53 Å². The Hall–Kier alpha value is -0.123. The van der Waals surface area contributed by atoms with Gasteiger partial charge in [-0.3, -0.25) is 0 Å². The first kappa shape index (κ1) is 25.9. The SMILES string of the molecule is C=CC[C@H](CO[Si](C)(C)C(C)(C)C)[C@@H](O)CCCCCCCCCCC. The number of aliphatic hydroxyl groups excluding tert-OH is 1. The van der Waals surface area contributed by atoms with Crippen LogP contribution in [0.3, 0.4) is 0 Å². The Labute approximate surface area is 165 Å². The standard InChI is InChI=1S/C23H48O2Si/c1-8-10-11-12-13-14-15-16-17-19-22(24)21(18-9-2)20-25-26(6,7)23(3,4)5/h9,21-22,24H,2,8,10-20H2,1,3-7H3/t21-,22+/m1/s1. The van der Waals surface area contributed by atoms with Gasteiger partial charge in [0.05, 0.1) is 6.10 Å². The molecule has 0 aromatic heterocycles. The maximum absolute atomic E-state index is 10.6. The van der Waals surface area contributed by atoms with Gasteiger partial charge in [-0.2, -0.15) is 0 Å². The highest BCUT2D eigenvalue weighted by Gasteiger charge is 2.37. The van der Waals surface area contributed by atoms with Crippen LogP contribution in [0, 0.1) is 5.92 Å². The third kappa shape index (κ3) is 11.6. The van der Waals surface area contributed by atoms with Crippen LogP contribution in [0.5, 0.6) is 0 Å². The summed E-state index contributed by atoms with van der Waals surface area (Å²) in [5.41, 5.74) is 0. The highest BCUT2D eigenvalue weighted by atomic mass is 28.4. The molecule has 0 saturated heterocycles. The Morgan fingerprint density at radius 3 is 1.92 bits per heavy atom.